The summed E-state index contributed by atoms with van der Waals surface area (Å²) < 4.78 is 32.1. The second-order valence-corrected chi connectivity index (χ2v) is 9.63. The van der Waals surface area contributed by atoms with Gasteiger partial charge in [0.25, 0.3) is 10.1 Å². The Balaban J connectivity index is 0. The molecule has 0 heterocycles. The number of rotatable bonds is 19. The van der Waals surface area contributed by atoms with Crippen molar-refractivity contribution in [3.05, 3.63) is 0 Å². The van der Waals surface area contributed by atoms with Gasteiger partial charge in [0.15, 0.2) is 0 Å². The molecule has 27 heavy (non-hydrogen) atoms. The molecule has 5 nitrogen and oxygen atoms in total. The Morgan fingerprint density at radius 1 is 0.593 bits per heavy atom. The summed E-state index contributed by atoms with van der Waals surface area (Å²) in [6.07, 6.45) is 16.3. The number of unbranched alkanes of at least 4 members (excludes halogenated alkanes) is 9. The van der Waals surface area contributed by atoms with Gasteiger partial charge in [-0.2, -0.15) is 8.42 Å². The largest absolute Gasteiger partial charge is 0.870 e. The Bertz CT molecular complexity index is 406. The van der Waals surface area contributed by atoms with E-state index in [1.54, 1.807) is 0 Å². The van der Waals surface area contributed by atoms with E-state index >= 15 is 0 Å². The van der Waals surface area contributed by atoms with E-state index in [0.29, 0.717) is 6.42 Å². The van der Waals surface area contributed by atoms with Crippen molar-refractivity contribution in [2.24, 2.45) is 0 Å². The number of quaternary nitrogens is 1. The highest BCUT2D eigenvalue weighted by Gasteiger charge is 2.25. The fraction of sp³-hybridized carbons (Fsp3) is 1.00. The normalized spacial score (nSPS) is 12.1. The zero-order chi connectivity index (χ0) is 19.7. The van der Waals surface area contributed by atoms with E-state index in [9.17, 15) is 8.42 Å². The number of nitrogens with zero attached hydrogens (tertiary/aromatic N) is 1. The standard InChI is InChI=1S/C21H45NO3S.H2O/c1-4-7-8-9-10-11-12-13-14-15-19-22(17-5-2,18-6-3)20-16-21-26(23,24)25;/h4-21H2,1-3H3;1H2. The van der Waals surface area contributed by atoms with Gasteiger partial charge in [-0.1, -0.05) is 72.1 Å². The van der Waals surface area contributed by atoms with Crippen molar-refractivity contribution in [2.75, 3.05) is 31.9 Å². The lowest BCUT2D eigenvalue weighted by atomic mass is 10.1. The minimum Gasteiger partial charge on any atom is -0.870 e. The molecular formula is C21H47NO4S. The van der Waals surface area contributed by atoms with Crippen LogP contribution in [-0.2, 0) is 10.1 Å². The van der Waals surface area contributed by atoms with E-state index in [4.69, 9.17) is 4.55 Å². The first-order valence-electron chi connectivity index (χ1n) is 11.2. The van der Waals surface area contributed by atoms with E-state index in [1.165, 1.54) is 64.2 Å². The van der Waals surface area contributed by atoms with Gasteiger partial charge in [-0.15, -0.1) is 0 Å². The van der Waals surface area contributed by atoms with Crippen molar-refractivity contribution >= 4 is 10.1 Å². The maximum atomic E-state index is 11.0. The zero-order valence-corrected chi connectivity index (χ0v) is 19.1. The lowest BCUT2D eigenvalue weighted by molar-refractivity contribution is -0.928. The van der Waals surface area contributed by atoms with Crippen molar-refractivity contribution in [2.45, 2.75) is 104 Å². The maximum absolute atomic E-state index is 11.0. The molecule has 0 aliphatic carbocycles. The average Bonchev–Trinajstić information content (AvgIpc) is 2.56. The maximum Gasteiger partial charge on any atom is 0.265 e. The van der Waals surface area contributed by atoms with Crippen LogP contribution in [0.1, 0.15) is 104 Å². The summed E-state index contributed by atoms with van der Waals surface area (Å²) in [6.45, 7) is 11.0. The molecule has 0 aromatic rings. The van der Waals surface area contributed by atoms with E-state index in [2.05, 4.69) is 20.8 Å². The molecule has 0 aromatic heterocycles. The fourth-order valence-corrected chi connectivity index (χ4v) is 4.63. The third kappa shape index (κ3) is 17.6. The van der Waals surface area contributed by atoms with Crippen LogP contribution < -0.4 is 0 Å². The Kier molecular flexibility index (Phi) is 19.2. The highest BCUT2D eigenvalue weighted by atomic mass is 32.2. The second kappa shape index (κ2) is 17.9. The van der Waals surface area contributed by atoms with Crippen LogP contribution in [0.25, 0.3) is 0 Å². The summed E-state index contributed by atoms with van der Waals surface area (Å²) in [5, 5.41) is 0. The topological polar surface area (TPSA) is 84.4 Å². The van der Waals surface area contributed by atoms with Crippen LogP contribution in [0, 0.1) is 0 Å². The third-order valence-electron chi connectivity index (χ3n) is 5.42. The van der Waals surface area contributed by atoms with Gasteiger partial charge < -0.3 is 9.96 Å². The summed E-state index contributed by atoms with van der Waals surface area (Å²) >= 11 is 0. The summed E-state index contributed by atoms with van der Waals surface area (Å²) in [5.74, 6) is -0.0988. The zero-order valence-electron chi connectivity index (χ0n) is 18.3. The molecule has 0 rings (SSSR count). The van der Waals surface area contributed by atoms with Gasteiger partial charge >= 0.3 is 0 Å². The Labute approximate surface area is 169 Å². The first-order chi connectivity index (χ1) is 12.4. The molecule has 166 valence electrons. The average molecular weight is 410 g/mol. The first kappa shape index (κ1) is 29.0. The van der Waals surface area contributed by atoms with E-state index < -0.39 is 10.1 Å². The Morgan fingerprint density at radius 3 is 1.41 bits per heavy atom. The smallest absolute Gasteiger partial charge is 0.265 e. The molecule has 0 fully saturated rings. The first-order valence-corrected chi connectivity index (χ1v) is 12.8. The van der Waals surface area contributed by atoms with Gasteiger partial charge in [-0.05, 0) is 25.7 Å². The van der Waals surface area contributed by atoms with E-state index in [-0.39, 0.29) is 11.2 Å². The quantitative estimate of drug-likeness (QED) is 0.170. The van der Waals surface area contributed by atoms with Crippen molar-refractivity contribution in [1.29, 1.82) is 0 Å². The van der Waals surface area contributed by atoms with E-state index in [0.717, 1.165) is 43.5 Å². The highest BCUT2D eigenvalue weighted by molar-refractivity contribution is 7.85. The lowest BCUT2D eigenvalue weighted by Gasteiger charge is -2.39. The Hall–Kier alpha value is -0.170. The van der Waals surface area contributed by atoms with Crippen LogP contribution in [0.3, 0.4) is 0 Å². The summed E-state index contributed by atoms with van der Waals surface area (Å²) in [5.41, 5.74) is 0. The van der Waals surface area contributed by atoms with Gasteiger partial charge in [0.2, 0.25) is 0 Å². The highest BCUT2D eigenvalue weighted by Crippen LogP contribution is 2.16. The molecule has 0 saturated heterocycles. The second-order valence-electron chi connectivity index (χ2n) is 8.06. The SMILES string of the molecule is CCCCCCCCCCCC[N+](CCC)(CCC)CCCS(=O)(=O)O.[OH-]. The van der Waals surface area contributed by atoms with Gasteiger partial charge in [0.1, 0.15) is 0 Å². The predicted molar refractivity (Wildman–Crippen MR) is 115 cm³/mol. The van der Waals surface area contributed by atoms with Gasteiger partial charge in [0.05, 0.1) is 31.9 Å². The monoisotopic (exact) mass is 409 g/mol. The van der Waals surface area contributed by atoms with Crippen molar-refractivity contribution < 1.29 is 22.9 Å². The minimum absolute atomic E-state index is 0. The van der Waals surface area contributed by atoms with Gasteiger partial charge in [-0.3, -0.25) is 4.55 Å². The Morgan fingerprint density at radius 2 is 1.00 bits per heavy atom. The molecule has 0 radical (unpaired) electrons. The molecule has 2 N–H and O–H groups in total. The predicted octanol–water partition coefficient (Wildman–Crippen LogP) is 5.65. The molecular weight excluding hydrogens is 362 g/mol. The summed E-state index contributed by atoms with van der Waals surface area (Å²) in [7, 11) is -3.83. The lowest BCUT2D eigenvalue weighted by Crippen LogP contribution is -2.50. The number of hydrogen-bond donors (Lipinski definition) is 1. The fourth-order valence-electron chi connectivity index (χ4n) is 4.14. The van der Waals surface area contributed by atoms with Gasteiger partial charge in [-0.25, -0.2) is 0 Å². The molecule has 0 unspecified atom stereocenters. The summed E-state index contributed by atoms with van der Waals surface area (Å²) in [6, 6.07) is 0. The molecule has 0 amide bonds. The van der Waals surface area contributed by atoms with Crippen molar-refractivity contribution in [3.63, 3.8) is 0 Å². The molecule has 0 bridgehead atoms. The van der Waals surface area contributed by atoms with Crippen LogP contribution in [0.5, 0.6) is 0 Å². The molecule has 6 heteroatoms. The molecule has 0 spiro atoms. The van der Waals surface area contributed by atoms with Gasteiger partial charge in [0, 0.05) is 6.42 Å². The molecule has 0 aliphatic rings. The van der Waals surface area contributed by atoms with Crippen LogP contribution in [0.2, 0.25) is 0 Å². The molecule has 0 saturated carbocycles. The van der Waals surface area contributed by atoms with Crippen molar-refractivity contribution in [3.8, 4) is 0 Å². The van der Waals surface area contributed by atoms with Crippen molar-refractivity contribution in [1.82, 2.24) is 0 Å². The van der Waals surface area contributed by atoms with Crippen LogP contribution >= 0.6 is 0 Å². The third-order valence-corrected chi connectivity index (χ3v) is 6.22. The molecule has 0 aromatic carbocycles. The van der Waals surface area contributed by atoms with Crippen LogP contribution in [-0.4, -0.2) is 54.9 Å². The van der Waals surface area contributed by atoms with E-state index in [1.807, 2.05) is 0 Å². The molecule has 0 atom stereocenters. The van der Waals surface area contributed by atoms with Crippen LogP contribution in [0.15, 0.2) is 0 Å². The van der Waals surface area contributed by atoms with Crippen LogP contribution in [0.4, 0.5) is 0 Å². The molecule has 0 aliphatic heterocycles. The summed E-state index contributed by atoms with van der Waals surface area (Å²) in [4.78, 5) is 0. The number of hydrogen-bond acceptors (Lipinski definition) is 3. The minimum atomic E-state index is -3.83.